The molecule has 4 heterocycles. The fraction of sp³-hybridized carbons (Fsp3) is 0.720. The Morgan fingerprint density at radius 2 is 1.82 bits per heavy atom. The van der Waals surface area contributed by atoms with E-state index < -0.39 is 6.16 Å². The first-order chi connectivity index (χ1) is 16.5. The molecule has 0 spiro atoms. The lowest BCUT2D eigenvalue weighted by atomic mass is 9.96. The van der Waals surface area contributed by atoms with E-state index in [9.17, 15) is 9.59 Å². The SMILES string of the molecule is CCCCCC1C(CN2CCC(OC(=O)O)CC2)OC(=O)N1C1CCN(c2ccncc2)CC1. The largest absolute Gasteiger partial charge is 0.506 e. The van der Waals surface area contributed by atoms with Crippen LogP contribution in [0, 0.1) is 0 Å². The number of hydrogen-bond donors (Lipinski definition) is 1. The summed E-state index contributed by atoms with van der Waals surface area (Å²) in [6.07, 6.45) is 9.51. The Morgan fingerprint density at radius 1 is 1.12 bits per heavy atom. The van der Waals surface area contributed by atoms with Crippen LogP contribution in [0.4, 0.5) is 15.3 Å². The second-order valence-electron chi connectivity index (χ2n) is 9.70. The van der Waals surface area contributed by atoms with Gasteiger partial charge in [0.1, 0.15) is 12.2 Å². The fourth-order valence-corrected chi connectivity index (χ4v) is 5.65. The van der Waals surface area contributed by atoms with Crippen molar-refractivity contribution in [2.24, 2.45) is 0 Å². The normalized spacial score (nSPS) is 24.9. The van der Waals surface area contributed by atoms with E-state index in [-0.39, 0.29) is 30.4 Å². The highest BCUT2D eigenvalue weighted by Crippen LogP contribution is 2.32. The van der Waals surface area contributed by atoms with Crippen LogP contribution in [0.3, 0.4) is 0 Å². The molecule has 3 aliphatic rings. The number of carbonyl (C=O) groups excluding carboxylic acids is 1. The molecule has 188 valence electrons. The van der Waals surface area contributed by atoms with E-state index in [1.54, 1.807) is 0 Å². The standard InChI is InChI=1S/C25H38N4O5/c1-2-3-4-5-22-23(18-27-14-10-21(11-15-27)33-25(31)32)34-24(30)29(22)20-8-16-28(17-9-20)19-6-12-26-13-7-19/h6-7,12-13,20-23H,2-5,8-11,14-18H2,1H3,(H,31,32). The molecule has 1 aromatic heterocycles. The van der Waals surface area contributed by atoms with Gasteiger partial charge in [-0.05, 0) is 44.2 Å². The average Bonchev–Trinajstić information content (AvgIpc) is 3.15. The Labute approximate surface area is 202 Å². The fourth-order valence-electron chi connectivity index (χ4n) is 5.65. The monoisotopic (exact) mass is 474 g/mol. The summed E-state index contributed by atoms with van der Waals surface area (Å²) in [4.78, 5) is 34.7. The van der Waals surface area contributed by atoms with Gasteiger partial charge in [-0.15, -0.1) is 0 Å². The second-order valence-corrected chi connectivity index (χ2v) is 9.70. The number of rotatable bonds is 9. The lowest BCUT2D eigenvalue weighted by Crippen LogP contribution is -2.51. The van der Waals surface area contributed by atoms with Crippen LogP contribution in [0.15, 0.2) is 24.5 Å². The molecule has 1 N–H and O–H groups in total. The smallest absolute Gasteiger partial charge is 0.450 e. The Morgan fingerprint density at radius 3 is 2.47 bits per heavy atom. The van der Waals surface area contributed by atoms with Gasteiger partial charge in [-0.1, -0.05) is 26.2 Å². The van der Waals surface area contributed by atoms with Crippen LogP contribution in [0.25, 0.3) is 0 Å². The molecule has 3 saturated heterocycles. The number of hydrogen-bond acceptors (Lipinski definition) is 7. The molecule has 0 aliphatic carbocycles. The summed E-state index contributed by atoms with van der Waals surface area (Å²) in [7, 11) is 0. The second kappa shape index (κ2) is 11.7. The predicted molar refractivity (Wildman–Crippen MR) is 128 cm³/mol. The minimum atomic E-state index is -1.20. The molecule has 1 aromatic rings. The van der Waals surface area contributed by atoms with E-state index in [4.69, 9.17) is 14.6 Å². The number of anilines is 1. The van der Waals surface area contributed by atoms with Crippen molar-refractivity contribution in [1.29, 1.82) is 0 Å². The number of carbonyl (C=O) groups is 2. The van der Waals surface area contributed by atoms with E-state index >= 15 is 0 Å². The van der Waals surface area contributed by atoms with Crippen molar-refractivity contribution in [3.63, 3.8) is 0 Å². The van der Waals surface area contributed by atoms with Crippen LogP contribution < -0.4 is 4.90 Å². The average molecular weight is 475 g/mol. The van der Waals surface area contributed by atoms with Crippen molar-refractivity contribution in [3.05, 3.63) is 24.5 Å². The Hall–Kier alpha value is -2.55. The number of carboxylic acid groups (broad SMARTS) is 1. The molecule has 0 aromatic carbocycles. The van der Waals surface area contributed by atoms with Crippen LogP contribution in [-0.2, 0) is 9.47 Å². The zero-order chi connectivity index (χ0) is 23.9. The van der Waals surface area contributed by atoms with Gasteiger partial charge in [-0.3, -0.25) is 14.8 Å². The predicted octanol–water partition coefficient (Wildman–Crippen LogP) is 3.98. The Kier molecular flexibility index (Phi) is 8.48. The summed E-state index contributed by atoms with van der Waals surface area (Å²) in [5, 5.41) is 8.86. The van der Waals surface area contributed by atoms with E-state index in [1.165, 1.54) is 5.69 Å². The molecular weight excluding hydrogens is 436 g/mol. The molecule has 2 unspecified atom stereocenters. The van der Waals surface area contributed by atoms with Gasteiger partial charge < -0.3 is 19.5 Å². The molecule has 4 rings (SSSR count). The summed E-state index contributed by atoms with van der Waals surface area (Å²) < 4.78 is 10.9. The van der Waals surface area contributed by atoms with E-state index in [0.29, 0.717) is 19.4 Å². The van der Waals surface area contributed by atoms with Crippen molar-refractivity contribution in [1.82, 2.24) is 14.8 Å². The Balaban J connectivity index is 1.36. The first kappa shape index (κ1) is 24.6. The van der Waals surface area contributed by atoms with Crippen LogP contribution in [0.5, 0.6) is 0 Å². The third kappa shape index (κ3) is 6.11. The molecule has 9 nitrogen and oxygen atoms in total. The quantitative estimate of drug-likeness (QED) is 0.424. The number of likely N-dealkylation sites (tertiary alicyclic amines) is 1. The van der Waals surface area contributed by atoms with Gasteiger partial charge in [-0.25, -0.2) is 9.59 Å². The minimum absolute atomic E-state index is 0.101. The summed E-state index contributed by atoms with van der Waals surface area (Å²) in [6.45, 7) is 6.26. The lowest BCUT2D eigenvalue weighted by Gasteiger charge is -2.40. The Bertz CT molecular complexity index is 794. The van der Waals surface area contributed by atoms with E-state index in [1.807, 2.05) is 24.5 Å². The molecule has 0 saturated carbocycles. The summed E-state index contributed by atoms with van der Waals surface area (Å²) in [5.41, 5.74) is 1.19. The third-order valence-corrected chi connectivity index (χ3v) is 7.48. The van der Waals surface area contributed by atoms with Crippen LogP contribution >= 0.6 is 0 Å². The topological polar surface area (TPSA) is 95.4 Å². The van der Waals surface area contributed by atoms with E-state index in [2.05, 4.69) is 26.6 Å². The highest BCUT2D eigenvalue weighted by molar-refractivity contribution is 5.71. The van der Waals surface area contributed by atoms with Gasteiger partial charge >= 0.3 is 12.2 Å². The zero-order valence-corrected chi connectivity index (χ0v) is 20.2. The van der Waals surface area contributed by atoms with Gasteiger partial charge in [-0.2, -0.15) is 0 Å². The van der Waals surface area contributed by atoms with Gasteiger partial charge in [0.15, 0.2) is 0 Å². The highest BCUT2D eigenvalue weighted by Gasteiger charge is 2.46. The number of ether oxygens (including phenoxy) is 2. The number of amides is 1. The molecule has 9 heteroatoms. The number of unbranched alkanes of at least 4 members (excludes halogenated alkanes) is 2. The minimum Gasteiger partial charge on any atom is -0.450 e. The van der Waals surface area contributed by atoms with Crippen molar-refractivity contribution in [3.8, 4) is 0 Å². The van der Waals surface area contributed by atoms with Crippen molar-refractivity contribution in [2.45, 2.75) is 82.6 Å². The maximum atomic E-state index is 13.1. The maximum Gasteiger partial charge on any atom is 0.506 e. The van der Waals surface area contributed by atoms with Crippen molar-refractivity contribution in [2.75, 3.05) is 37.6 Å². The first-order valence-corrected chi connectivity index (χ1v) is 12.8. The molecule has 0 bridgehead atoms. The number of aromatic nitrogens is 1. The van der Waals surface area contributed by atoms with Crippen LogP contribution in [0.2, 0.25) is 0 Å². The third-order valence-electron chi connectivity index (χ3n) is 7.48. The molecule has 2 atom stereocenters. The maximum absolute atomic E-state index is 13.1. The molecule has 3 fully saturated rings. The van der Waals surface area contributed by atoms with Crippen LogP contribution in [-0.4, -0.2) is 89.2 Å². The molecular formula is C25H38N4O5. The molecule has 0 radical (unpaired) electrons. The number of nitrogens with zero attached hydrogens (tertiary/aromatic N) is 4. The van der Waals surface area contributed by atoms with E-state index in [0.717, 1.165) is 64.7 Å². The summed E-state index contributed by atoms with van der Waals surface area (Å²) in [6, 6.07) is 4.39. The molecule has 3 aliphatic heterocycles. The summed E-state index contributed by atoms with van der Waals surface area (Å²) in [5.74, 6) is 0. The number of pyridine rings is 1. The summed E-state index contributed by atoms with van der Waals surface area (Å²) >= 11 is 0. The van der Waals surface area contributed by atoms with Gasteiger partial charge in [0.2, 0.25) is 0 Å². The van der Waals surface area contributed by atoms with Gasteiger partial charge in [0.05, 0.1) is 6.04 Å². The zero-order valence-electron chi connectivity index (χ0n) is 20.2. The van der Waals surface area contributed by atoms with Gasteiger partial charge in [0.25, 0.3) is 0 Å². The molecule has 1 amide bonds. The molecule has 34 heavy (non-hydrogen) atoms. The van der Waals surface area contributed by atoms with Crippen molar-refractivity contribution < 1.29 is 24.2 Å². The van der Waals surface area contributed by atoms with Gasteiger partial charge in [0, 0.05) is 56.8 Å². The first-order valence-electron chi connectivity index (χ1n) is 12.8. The number of piperidine rings is 2. The van der Waals surface area contributed by atoms with Crippen LogP contribution in [0.1, 0.15) is 58.3 Å². The highest BCUT2D eigenvalue weighted by atomic mass is 16.7. The van der Waals surface area contributed by atoms with Crippen molar-refractivity contribution >= 4 is 17.9 Å². The lowest BCUT2D eigenvalue weighted by molar-refractivity contribution is 0.00985. The number of cyclic esters (lactones) is 1.